The van der Waals surface area contributed by atoms with Gasteiger partial charge < -0.3 is 9.13 Å². The number of allylic oxidation sites excluding steroid dienone is 4. The zero-order chi connectivity index (χ0) is 42.3. The second-order valence-corrected chi connectivity index (χ2v) is 19.0. The molecule has 13 aromatic rings. The number of hydrogen-bond donors (Lipinski definition) is 0. The van der Waals surface area contributed by atoms with Crippen molar-refractivity contribution < 1.29 is 0 Å². The molecule has 4 heteroatoms. The lowest BCUT2D eigenvalue weighted by molar-refractivity contribution is 1.14. The maximum Gasteiger partial charge on any atom is 0.0548 e. The number of thiophene rings is 2. The van der Waals surface area contributed by atoms with Gasteiger partial charge in [-0.25, -0.2) is 0 Å². The summed E-state index contributed by atoms with van der Waals surface area (Å²) in [5.74, 6) is 0. The first-order valence-electron chi connectivity index (χ1n) is 22.0. The molecule has 0 saturated carbocycles. The lowest BCUT2D eigenvalue weighted by Gasteiger charge is -2.17. The zero-order valence-corrected chi connectivity index (χ0v) is 36.8. The summed E-state index contributed by atoms with van der Waals surface area (Å²) in [5, 5.41) is 10.3. The first-order chi connectivity index (χ1) is 31.7. The molecule has 9 aromatic carbocycles. The molecule has 0 amide bonds. The van der Waals surface area contributed by atoms with Crippen LogP contribution >= 0.6 is 22.7 Å². The lowest BCUT2D eigenvalue weighted by Crippen LogP contribution is -2.00. The number of benzene rings is 9. The number of fused-ring (bicyclic) bond motifs is 12. The maximum atomic E-state index is 2.52. The molecule has 0 unspecified atom stereocenters. The van der Waals surface area contributed by atoms with Gasteiger partial charge in [0.1, 0.15) is 0 Å². The van der Waals surface area contributed by atoms with Crippen LogP contribution < -0.4 is 0 Å². The van der Waals surface area contributed by atoms with Crippen molar-refractivity contribution in [3.8, 4) is 33.6 Å². The van der Waals surface area contributed by atoms with Crippen molar-refractivity contribution in [1.29, 1.82) is 0 Å². The Morgan fingerprint density at radius 2 is 0.844 bits per heavy atom. The van der Waals surface area contributed by atoms with Crippen LogP contribution in [0.15, 0.2) is 212 Å². The SMILES string of the molecule is C/C=C\C=C/Cc1cc(-c2ccccc2)cc(-c2cc(-n3c4ccccc4c4cc5sc6ccccc6c5cc43)cc(-n3c4ccccc4c4cc5sc6ccccc6c5cc43)c2)c1. The van der Waals surface area contributed by atoms with E-state index in [1.165, 1.54) is 112 Å². The van der Waals surface area contributed by atoms with Crippen molar-refractivity contribution >= 4 is 107 Å². The molecule has 0 aliphatic heterocycles. The number of rotatable bonds is 7. The minimum atomic E-state index is 0.833. The summed E-state index contributed by atoms with van der Waals surface area (Å²) in [6, 6.07) is 70.5. The van der Waals surface area contributed by atoms with E-state index in [0.717, 1.165) is 17.8 Å². The van der Waals surface area contributed by atoms with Gasteiger partial charge in [0.05, 0.1) is 22.1 Å². The van der Waals surface area contributed by atoms with Crippen LogP contribution in [-0.4, -0.2) is 9.13 Å². The molecule has 4 heterocycles. The van der Waals surface area contributed by atoms with E-state index in [1.54, 1.807) is 0 Å². The van der Waals surface area contributed by atoms with Gasteiger partial charge >= 0.3 is 0 Å². The molecular formula is C60H40N2S2. The molecule has 64 heavy (non-hydrogen) atoms. The molecule has 0 saturated heterocycles. The standard InChI is InChI=1S/C60H40N2S2/c1-2-3-4-6-17-38-28-40(39-18-7-5-8-19-39)30-41(29-38)42-31-43(61-53-24-13-9-20-45(53)49-36-59-51(34-55(49)61)47-22-11-15-26-57(47)63-59)33-44(32-42)62-54-25-14-10-21-46(54)50-37-60-52(35-56(50)62)48-23-12-16-27-58(48)64-60/h2-16,18-37H,17H2,1H3/b3-2-,6-4-. The molecular weight excluding hydrogens is 813 g/mol. The predicted octanol–water partition coefficient (Wildman–Crippen LogP) is 17.6. The third kappa shape index (κ3) is 5.91. The predicted molar refractivity (Wildman–Crippen MR) is 279 cm³/mol. The summed E-state index contributed by atoms with van der Waals surface area (Å²) in [6.07, 6.45) is 9.43. The van der Waals surface area contributed by atoms with E-state index >= 15 is 0 Å². The Bertz CT molecular complexity index is 3850. The summed E-state index contributed by atoms with van der Waals surface area (Å²) in [6.45, 7) is 2.06. The third-order valence-electron chi connectivity index (χ3n) is 13.0. The first-order valence-corrected chi connectivity index (χ1v) is 23.6. The van der Waals surface area contributed by atoms with Crippen LogP contribution in [0.1, 0.15) is 12.5 Å². The van der Waals surface area contributed by atoms with E-state index in [-0.39, 0.29) is 0 Å². The highest BCUT2D eigenvalue weighted by atomic mass is 32.1. The van der Waals surface area contributed by atoms with Crippen LogP contribution in [0, 0.1) is 0 Å². The molecule has 2 nitrogen and oxygen atoms in total. The Morgan fingerprint density at radius 3 is 1.41 bits per heavy atom. The number of para-hydroxylation sites is 2. The topological polar surface area (TPSA) is 9.86 Å². The molecule has 0 aliphatic carbocycles. The van der Waals surface area contributed by atoms with Gasteiger partial charge in [0.25, 0.3) is 0 Å². The van der Waals surface area contributed by atoms with Gasteiger partial charge in [-0.2, -0.15) is 0 Å². The van der Waals surface area contributed by atoms with E-state index in [0.29, 0.717) is 0 Å². The summed E-state index contributed by atoms with van der Waals surface area (Å²) in [7, 11) is 0. The monoisotopic (exact) mass is 852 g/mol. The lowest BCUT2D eigenvalue weighted by atomic mass is 9.94. The fourth-order valence-corrected chi connectivity index (χ4v) is 12.4. The van der Waals surface area contributed by atoms with Gasteiger partial charge in [-0.05, 0) is 114 Å². The second kappa shape index (κ2) is 14.8. The quantitative estimate of drug-likeness (QED) is 0.141. The molecule has 13 rings (SSSR count). The van der Waals surface area contributed by atoms with Crippen molar-refractivity contribution in [2.24, 2.45) is 0 Å². The van der Waals surface area contributed by atoms with E-state index in [1.807, 2.05) is 22.7 Å². The molecule has 302 valence electrons. The summed E-state index contributed by atoms with van der Waals surface area (Å²) >= 11 is 3.77. The third-order valence-corrected chi connectivity index (χ3v) is 15.3. The van der Waals surface area contributed by atoms with E-state index in [4.69, 9.17) is 0 Å². The van der Waals surface area contributed by atoms with Crippen molar-refractivity contribution in [1.82, 2.24) is 9.13 Å². The fraction of sp³-hybridized carbons (Fsp3) is 0.0333. The molecule has 0 bridgehead atoms. The molecule has 0 N–H and O–H groups in total. The molecule has 4 aromatic heterocycles. The molecule has 0 atom stereocenters. The van der Waals surface area contributed by atoms with Crippen molar-refractivity contribution in [2.45, 2.75) is 13.3 Å². The molecule has 0 fully saturated rings. The Balaban J connectivity index is 1.14. The second-order valence-electron chi connectivity index (χ2n) is 16.8. The van der Waals surface area contributed by atoms with Gasteiger partial charge in [0, 0.05) is 73.3 Å². The largest absolute Gasteiger partial charge is 0.309 e. The van der Waals surface area contributed by atoms with Crippen LogP contribution in [0.2, 0.25) is 0 Å². The van der Waals surface area contributed by atoms with Crippen LogP contribution in [0.4, 0.5) is 0 Å². The maximum absolute atomic E-state index is 2.52. The Morgan fingerprint density at radius 1 is 0.359 bits per heavy atom. The van der Waals surface area contributed by atoms with Gasteiger partial charge in [0.15, 0.2) is 0 Å². The van der Waals surface area contributed by atoms with Crippen LogP contribution in [0.25, 0.3) is 118 Å². The van der Waals surface area contributed by atoms with Crippen LogP contribution in [0.3, 0.4) is 0 Å². The average molecular weight is 853 g/mol. The smallest absolute Gasteiger partial charge is 0.0548 e. The number of hydrogen-bond acceptors (Lipinski definition) is 2. The Labute approximate surface area is 378 Å². The van der Waals surface area contributed by atoms with Gasteiger partial charge in [0.2, 0.25) is 0 Å². The summed E-state index contributed by atoms with van der Waals surface area (Å²) < 4.78 is 10.3. The minimum Gasteiger partial charge on any atom is -0.309 e. The van der Waals surface area contributed by atoms with Crippen molar-refractivity contribution in [3.63, 3.8) is 0 Å². The summed E-state index contributed by atoms with van der Waals surface area (Å²) in [5.41, 5.74) is 13.1. The minimum absolute atomic E-state index is 0.833. The molecule has 0 radical (unpaired) electrons. The van der Waals surface area contributed by atoms with Gasteiger partial charge in [-0.3, -0.25) is 0 Å². The van der Waals surface area contributed by atoms with Crippen molar-refractivity contribution in [2.75, 3.05) is 0 Å². The molecule has 0 aliphatic rings. The van der Waals surface area contributed by atoms with E-state index in [9.17, 15) is 0 Å². The number of nitrogens with zero attached hydrogens (tertiary/aromatic N) is 2. The highest BCUT2D eigenvalue weighted by Gasteiger charge is 2.20. The zero-order valence-electron chi connectivity index (χ0n) is 35.1. The Hall–Kier alpha value is -7.50. The highest BCUT2D eigenvalue weighted by Crippen LogP contribution is 2.44. The van der Waals surface area contributed by atoms with Gasteiger partial charge in [-0.15, -0.1) is 22.7 Å². The highest BCUT2D eigenvalue weighted by molar-refractivity contribution is 7.26. The van der Waals surface area contributed by atoms with Crippen LogP contribution in [-0.2, 0) is 6.42 Å². The average Bonchev–Trinajstić information content (AvgIpc) is 4.08. The van der Waals surface area contributed by atoms with E-state index in [2.05, 4.69) is 228 Å². The van der Waals surface area contributed by atoms with Crippen molar-refractivity contribution in [3.05, 3.63) is 218 Å². The Kier molecular flexibility index (Phi) is 8.58. The van der Waals surface area contributed by atoms with Crippen LogP contribution in [0.5, 0.6) is 0 Å². The van der Waals surface area contributed by atoms with Gasteiger partial charge in [-0.1, -0.05) is 140 Å². The normalized spacial score (nSPS) is 12.4. The fourth-order valence-electron chi connectivity index (χ4n) is 10.1. The van der Waals surface area contributed by atoms with E-state index < -0.39 is 0 Å². The number of aromatic nitrogens is 2. The molecule has 0 spiro atoms. The summed E-state index contributed by atoms with van der Waals surface area (Å²) in [4.78, 5) is 0. The first kappa shape index (κ1) is 37.1.